The van der Waals surface area contributed by atoms with Gasteiger partial charge in [0.25, 0.3) is 0 Å². The molecule has 0 unspecified atom stereocenters. The third-order valence-electron chi connectivity index (χ3n) is 2.69. The Morgan fingerprint density at radius 1 is 1.53 bits per heavy atom. The van der Waals surface area contributed by atoms with Crippen LogP contribution in [0.4, 0.5) is 5.69 Å². The summed E-state index contributed by atoms with van der Waals surface area (Å²) >= 11 is 0. The van der Waals surface area contributed by atoms with Crippen molar-refractivity contribution in [1.29, 1.82) is 5.26 Å². The zero-order valence-corrected chi connectivity index (χ0v) is 10.6. The number of rotatable bonds is 5. The van der Waals surface area contributed by atoms with Crippen molar-refractivity contribution >= 4 is 5.69 Å². The lowest BCUT2D eigenvalue weighted by molar-refractivity contribution is 0.407. The molecular formula is C13H19N3O. The van der Waals surface area contributed by atoms with Gasteiger partial charge in [0.1, 0.15) is 5.75 Å². The molecule has 0 amide bonds. The van der Waals surface area contributed by atoms with Crippen molar-refractivity contribution in [2.24, 2.45) is 5.73 Å². The maximum Gasteiger partial charge on any atom is 0.125 e. The van der Waals surface area contributed by atoms with Gasteiger partial charge in [0.2, 0.25) is 0 Å². The minimum Gasteiger partial charge on any atom is -0.496 e. The van der Waals surface area contributed by atoms with Crippen LogP contribution in [-0.4, -0.2) is 20.7 Å². The van der Waals surface area contributed by atoms with E-state index in [-0.39, 0.29) is 6.04 Å². The summed E-state index contributed by atoms with van der Waals surface area (Å²) in [6, 6.07) is 7.87. The highest BCUT2D eigenvalue weighted by Crippen LogP contribution is 2.33. The van der Waals surface area contributed by atoms with Crippen LogP contribution in [-0.2, 0) is 0 Å². The smallest absolute Gasteiger partial charge is 0.125 e. The van der Waals surface area contributed by atoms with Gasteiger partial charge in [-0.25, -0.2) is 0 Å². The first-order valence-corrected chi connectivity index (χ1v) is 5.62. The summed E-state index contributed by atoms with van der Waals surface area (Å²) in [5.41, 5.74) is 7.99. The summed E-state index contributed by atoms with van der Waals surface area (Å²) in [5, 5.41) is 8.62. The quantitative estimate of drug-likeness (QED) is 0.845. The van der Waals surface area contributed by atoms with Crippen molar-refractivity contribution in [1.82, 2.24) is 0 Å². The molecule has 0 bridgehead atoms. The summed E-state index contributed by atoms with van der Waals surface area (Å²) < 4.78 is 5.33. The van der Waals surface area contributed by atoms with Gasteiger partial charge in [-0.2, -0.15) is 5.26 Å². The molecule has 4 heteroatoms. The van der Waals surface area contributed by atoms with Crippen LogP contribution in [0.25, 0.3) is 0 Å². The van der Waals surface area contributed by atoms with Crippen molar-refractivity contribution in [3.63, 3.8) is 0 Å². The average Bonchev–Trinajstić information content (AvgIpc) is 2.34. The highest BCUT2D eigenvalue weighted by molar-refractivity contribution is 5.60. The van der Waals surface area contributed by atoms with Crippen molar-refractivity contribution in [2.45, 2.75) is 19.4 Å². The average molecular weight is 233 g/mol. The molecule has 92 valence electrons. The number of anilines is 1. The first kappa shape index (κ1) is 13.3. The molecule has 4 nitrogen and oxygen atoms in total. The van der Waals surface area contributed by atoms with E-state index in [1.54, 1.807) is 7.11 Å². The molecule has 1 aromatic carbocycles. The Labute approximate surface area is 103 Å². The van der Waals surface area contributed by atoms with E-state index in [0.29, 0.717) is 13.0 Å². The number of hydrogen-bond acceptors (Lipinski definition) is 4. The molecule has 0 radical (unpaired) electrons. The fourth-order valence-electron chi connectivity index (χ4n) is 1.84. The number of ether oxygens (including phenoxy) is 1. The molecule has 0 aliphatic carbocycles. The molecule has 0 aromatic heterocycles. The fourth-order valence-corrected chi connectivity index (χ4v) is 1.84. The Balaban J connectivity index is 3.10. The molecule has 1 aromatic rings. The molecule has 0 fully saturated rings. The lowest BCUT2D eigenvalue weighted by atomic mass is 10.0. The molecule has 1 rings (SSSR count). The maximum absolute atomic E-state index is 8.62. The van der Waals surface area contributed by atoms with E-state index in [1.165, 1.54) is 0 Å². The molecule has 0 spiro atoms. The Kier molecular flexibility index (Phi) is 4.80. The number of hydrogen-bond donors (Lipinski definition) is 1. The molecule has 0 aliphatic heterocycles. The zero-order valence-electron chi connectivity index (χ0n) is 10.6. The second-order valence-electron chi connectivity index (χ2n) is 4.01. The number of methoxy groups -OCH3 is 1. The van der Waals surface area contributed by atoms with Crippen LogP contribution in [0, 0.1) is 11.3 Å². The van der Waals surface area contributed by atoms with Crippen molar-refractivity contribution in [3.05, 3.63) is 23.8 Å². The molecule has 2 N–H and O–H groups in total. The summed E-state index contributed by atoms with van der Waals surface area (Å²) in [4.78, 5) is 2.03. The van der Waals surface area contributed by atoms with Gasteiger partial charge in [-0.05, 0) is 19.1 Å². The van der Waals surface area contributed by atoms with E-state index in [9.17, 15) is 0 Å². The van der Waals surface area contributed by atoms with Crippen molar-refractivity contribution in [3.8, 4) is 11.8 Å². The third-order valence-corrected chi connectivity index (χ3v) is 2.69. The third kappa shape index (κ3) is 3.11. The van der Waals surface area contributed by atoms with E-state index in [0.717, 1.165) is 17.0 Å². The van der Waals surface area contributed by atoms with E-state index >= 15 is 0 Å². The van der Waals surface area contributed by atoms with Crippen LogP contribution < -0.4 is 15.4 Å². The second kappa shape index (κ2) is 6.12. The van der Waals surface area contributed by atoms with Gasteiger partial charge in [-0.1, -0.05) is 6.07 Å². The number of nitriles is 1. The zero-order chi connectivity index (χ0) is 12.8. The van der Waals surface area contributed by atoms with Crippen molar-refractivity contribution in [2.75, 3.05) is 25.6 Å². The Bertz CT molecular complexity index is 410. The highest BCUT2D eigenvalue weighted by atomic mass is 16.5. The summed E-state index contributed by atoms with van der Waals surface area (Å²) in [6.45, 7) is 2.61. The van der Waals surface area contributed by atoms with Gasteiger partial charge < -0.3 is 15.4 Å². The monoisotopic (exact) mass is 233 g/mol. The van der Waals surface area contributed by atoms with Crippen LogP contribution in [0.3, 0.4) is 0 Å². The van der Waals surface area contributed by atoms with E-state index in [1.807, 2.05) is 37.1 Å². The van der Waals surface area contributed by atoms with Gasteiger partial charge in [0.15, 0.2) is 0 Å². The van der Waals surface area contributed by atoms with Crippen LogP contribution >= 0.6 is 0 Å². The van der Waals surface area contributed by atoms with Gasteiger partial charge >= 0.3 is 0 Å². The van der Waals surface area contributed by atoms with Gasteiger partial charge in [-0.15, -0.1) is 0 Å². The first-order chi connectivity index (χ1) is 8.11. The van der Waals surface area contributed by atoms with Crippen LogP contribution in [0.2, 0.25) is 0 Å². The maximum atomic E-state index is 8.62. The number of nitrogens with two attached hydrogens (primary N) is 1. The van der Waals surface area contributed by atoms with Crippen molar-refractivity contribution < 1.29 is 4.74 Å². The minimum atomic E-state index is -0.106. The molecule has 0 heterocycles. The molecule has 0 aliphatic rings. The summed E-state index contributed by atoms with van der Waals surface area (Å²) in [5.74, 6) is 0.793. The topological polar surface area (TPSA) is 62.3 Å². The Morgan fingerprint density at radius 2 is 2.24 bits per heavy atom. The largest absolute Gasteiger partial charge is 0.496 e. The fraction of sp³-hybridized carbons (Fsp3) is 0.462. The van der Waals surface area contributed by atoms with Crippen LogP contribution in [0.1, 0.15) is 24.9 Å². The summed E-state index contributed by atoms with van der Waals surface area (Å²) in [7, 11) is 3.60. The van der Waals surface area contributed by atoms with Gasteiger partial charge in [-0.3, -0.25) is 0 Å². The SMILES string of the molecule is COc1cccc(N(C)CCC#N)c1[C@@H](C)N. The van der Waals surface area contributed by atoms with E-state index in [4.69, 9.17) is 15.7 Å². The molecule has 0 saturated heterocycles. The molecule has 1 atom stereocenters. The molecule has 0 saturated carbocycles. The Hall–Kier alpha value is -1.73. The van der Waals surface area contributed by atoms with E-state index in [2.05, 4.69) is 6.07 Å². The van der Waals surface area contributed by atoms with Crippen LogP contribution in [0.5, 0.6) is 5.75 Å². The summed E-state index contributed by atoms with van der Waals surface area (Å²) in [6.07, 6.45) is 0.492. The second-order valence-corrected chi connectivity index (χ2v) is 4.01. The lowest BCUT2D eigenvalue weighted by Crippen LogP contribution is -2.22. The highest BCUT2D eigenvalue weighted by Gasteiger charge is 2.15. The normalized spacial score (nSPS) is 11.7. The van der Waals surface area contributed by atoms with Gasteiger partial charge in [0.05, 0.1) is 19.6 Å². The predicted molar refractivity (Wildman–Crippen MR) is 69.1 cm³/mol. The lowest BCUT2D eigenvalue weighted by Gasteiger charge is -2.24. The minimum absolute atomic E-state index is 0.106. The number of benzene rings is 1. The van der Waals surface area contributed by atoms with Crippen LogP contribution in [0.15, 0.2) is 18.2 Å². The predicted octanol–water partition coefficient (Wildman–Crippen LogP) is 2.06. The standard InChI is InChI=1S/C13H19N3O/c1-10(15)13-11(16(2)9-5-8-14)6-4-7-12(13)17-3/h4,6-7,10H,5,9,15H2,1-3H3/t10-/m1/s1. The van der Waals surface area contributed by atoms with E-state index < -0.39 is 0 Å². The number of nitrogens with zero attached hydrogens (tertiary/aromatic N) is 2. The first-order valence-electron chi connectivity index (χ1n) is 5.62. The van der Waals surface area contributed by atoms with Gasteiger partial charge in [0, 0.05) is 30.9 Å². The Morgan fingerprint density at radius 3 is 2.76 bits per heavy atom. The molecular weight excluding hydrogens is 214 g/mol. The molecule has 17 heavy (non-hydrogen) atoms.